The van der Waals surface area contributed by atoms with E-state index in [1.54, 1.807) is 0 Å². The van der Waals surface area contributed by atoms with E-state index in [0.29, 0.717) is 0 Å². The van der Waals surface area contributed by atoms with Crippen LogP contribution in [-0.4, -0.2) is 36.2 Å². The Bertz CT molecular complexity index is 800. The number of ether oxygens (including phenoxy) is 2. The summed E-state index contributed by atoms with van der Waals surface area (Å²) < 4.78 is 9.25. The number of rotatable bonds is 4. The Morgan fingerprint density at radius 2 is 1.62 bits per heavy atom. The standard InChI is InChI=1S/C16H13NO7/c1-23-15(19)12-8-7-11(13(12)16(20)24-2)14(18)9-3-5-10(6-4-9)17(21)22/h3-8,18H,1-2H3/b14-11-. The fourth-order valence-corrected chi connectivity index (χ4v) is 2.17. The maximum Gasteiger partial charge on any atom is 0.339 e. The van der Waals surface area contributed by atoms with Crippen molar-refractivity contribution in [3.05, 3.63) is 68.8 Å². The number of benzene rings is 1. The Labute approximate surface area is 136 Å². The molecule has 8 nitrogen and oxygen atoms in total. The van der Waals surface area contributed by atoms with Gasteiger partial charge in [-0.3, -0.25) is 10.1 Å². The molecule has 0 amide bonds. The molecule has 1 aromatic rings. The van der Waals surface area contributed by atoms with Crippen LogP contribution < -0.4 is 0 Å². The van der Waals surface area contributed by atoms with Gasteiger partial charge in [0.1, 0.15) is 5.76 Å². The highest BCUT2D eigenvalue weighted by Gasteiger charge is 2.29. The van der Waals surface area contributed by atoms with Crippen molar-refractivity contribution in [2.24, 2.45) is 0 Å². The minimum atomic E-state index is -0.816. The maximum atomic E-state index is 12.0. The molecule has 0 aromatic heterocycles. The fraction of sp³-hybridized carbons (Fsp3) is 0.125. The smallest absolute Gasteiger partial charge is 0.339 e. The van der Waals surface area contributed by atoms with Crippen LogP contribution in [0, 0.1) is 10.1 Å². The zero-order chi connectivity index (χ0) is 17.9. The van der Waals surface area contributed by atoms with Crippen molar-refractivity contribution in [3.63, 3.8) is 0 Å². The Morgan fingerprint density at radius 1 is 1.04 bits per heavy atom. The van der Waals surface area contributed by atoms with E-state index in [9.17, 15) is 24.8 Å². The Balaban J connectivity index is 2.55. The molecule has 24 heavy (non-hydrogen) atoms. The van der Waals surface area contributed by atoms with Crippen LogP contribution in [0.5, 0.6) is 0 Å². The van der Waals surface area contributed by atoms with E-state index in [2.05, 4.69) is 9.47 Å². The van der Waals surface area contributed by atoms with Gasteiger partial charge in [-0.1, -0.05) is 0 Å². The van der Waals surface area contributed by atoms with E-state index < -0.39 is 16.9 Å². The normalized spacial score (nSPS) is 15.2. The van der Waals surface area contributed by atoms with Crippen molar-refractivity contribution >= 4 is 23.4 Å². The lowest BCUT2D eigenvalue weighted by molar-refractivity contribution is -0.384. The molecule has 0 fully saturated rings. The van der Waals surface area contributed by atoms with Gasteiger partial charge >= 0.3 is 11.9 Å². The molecular formula is C16H13NO7. The second kappa shape index (κ2) is 6.78. The Hall–Kier alpha value is -3.42. The minimum Gasteiger partial charge on any atom is -0.507 e. The summed E-state index contributed by atoms with van der Waals surface area (Å²) in [7, 11) is 2.30. The van der Waals surface area contributed by atoms with Gasteiger partial charge in [-0.2, -0.15) is 0 Å². The van der Waals surface area contributed by atoms with Crippen LogP contribution in [0.2, 0.25) is 0 Å². The number of hydrogen-bond donors (Lipinski definition) is 1. The lowest BCUT2D eigenvalue weighted by atomic mass is 10.0. The molecule has 124 valence electrons. The summed E-state index contributed by atoms with van der Waals surface area (Å²) in [6, 6.07) is 5.10. The van der Waals surface area contributed by atoms with E-state index in [0.717, 1.165) is 14.2 Å². The summed E-state index contributed by atoms with van der Waals surface area (Å²) in [5, 5.41) is 21.1. The van der Waals surface area contributed by atoms with Gasteiger partial charge in [-0.15, -0.1) is 0 Å². The molecule has 0 unspecified atom stereocenters. The van der Waals surface area contributed by atoms with E-state index in [4.69, 9.17) is 0 Å². The first-order valence-electron chi connectivity index (χ1n) is 6.68. The van der Waals surface area contributed by atoms with Crippen molar-refractivity contribution in [2.45, 2.75) is 0 Å². The third kappa shape index (κ3) is 3.02. The molecule has 1 aliphatic carbocycles. The van der Waals surface area contributed by atoms with Crippen LogP contribution in [0.4, 0.5) is 5.69 Å². The van der Waals surface area contributed by atoms with Gasteiger partial charge in [0.2, 0.25) is 0 Å². The van der Waals surface area contributed by atoms with E-state index in [-0.39, 0.29) is 33.7 Å². The first-order chi connectivity index (χ1) is 11.4. The molecule has 1 aromatic carbocycles. The molecule has 0 aliphatic heterocycles. The van der Waals surface area contributed by atoms with Gasteiger partial charge in [-0.25, -0.2) is 9.59 Å². The van der Waals surface area contributed by atoms with Crippen LogP contribution in [0.3, 0.4) is 0 Å². The maximum absolute atomic E-state index is 12.0. The number of nitro groups is 1. The number of nitrogens with zero attached hydrogens (tertiary/aromatic N) is 1. The molecule has 0 spiro atoms. The summed E-state index contributed by atoms with van der Waals surface area (Å²) in [6.45, 7) is 0. The molecule has 0 atom stereocenters. The fourth-order valence-electron chi connectivity index (χ4n) is 2.17. The summed E-state index contributed by atoms with van der Waals surface area (Å²) >= 11 is 0. The number of carbonyl (C=O) groups excluding carboxylic acids is 2. The lowest BCUT2D eigenvalue weighted by Gasteiger charge is -2.09. The number of allylic oxidation sites excluding steroid dienone is 1. The number of methoxy groups -OCH3 is 2. The Morgan fingerprint density at radius 3 is 2.12 bits per heavy atom. The molecule has 1 N–H and O–H groups in total. The molecule has 0 radical (unpaired) electrons. The SMILES string of the molecule is COC(=O)C1=C(C(=O)OC)/C(=C(\O)c2ccc([N+](=O)[O-])cc2)C=C1. The van der Waals surface area contributed by atoms with Crippen molar-refractivity contribution in [2.75, 3.05) is 14.2 Å². The average Bonchev–Trinajstić information content (AvgIpc) is 3.04. The lowest BCUT2D eigenvalue weighted by Crippen LogP contribution is -2.12. The number of hydrogen-bond acceptors (Lipinski definition) is 7. The van der Waals surface area contributed by atoms with Crippen molar-refractivity contribution in [1.82, 2.24) is 0 Å². The molecular weight excluding hydrogens is 318 g/mol. The molecule has 0 saturated carbocycles. The number of nitro benzene ring substituents is 1. The topological polar surface area (TPSA) is 116 Å². The average molecular weight is 331 g/mol. The molecule has 0 heterocycles. The third-order valence-corrected chi connectivity index (χ3v) is 3.36. The monoisotopic (exact) mass is 331 g/mol. The predicted octanol–water partition coefficient (Wildman–Crippen LogP) is 2.08. The van der Waals surface area contributed by atoms with E-state index in [1.165, 1.54) is 36.4 Å². The van der Waals surface area contributed by atoms with E-state index in [1.807, 2.05) is 0 Å². The Kier molecular flexibility index (Phi) is 4.78. The highest BCUT2D eigenvalue weighted by atomic mass is 16.6. The van der Waals surface area contributed by atoms with Gasteiger partial charge in [0.15, 0.2) is 0 Å². The van der Waals surface area contributed by atoms with E-state index >= 15 is 0 Å². The summed E-state index contributed by atoms with van der Waals surface area (Å²) in [4.78, 5) is 33.8. The predicted molar refractivity (Wildman–Crippen MR) is 82.8 cm³/mol. The molecule has 1 aliphatic rings. The molecule has 0 saturated heterocycles. The zero-order valence-electron chi connectivity index (χ0n) is 12.8. The second-order valence-corrected chi connectivity index (χ2v) is 4.67. The number of carbonyl (C=O) groups is 2. The van der Waals surface area contributed by atoms with Gasteiger partial charge in [0.25, 0.3) is 5.69 Å². The molecule has 2 rings (SSSR count). The van der Waals surface area contributed by atoms with Crippen molar-refractivity contribution in [1.29, 1.82) is 0 Å². The summed E-state index contributed by atoms with van der Waals surface area (Å²) in [6.07, 6.45) is 2.70. The largest absolute Gasteiger partial charge is 0.507 e. The summed E-state index contributed by atoms with van der Waals surface area (Å²) in [5.41, 5.74) is -0.0191. The third-order valence-electron chi connectivity index (χ3n) is 3.36. The minimum absolute atomic E-state index is 0.0483. The number of aliphatic hydroxyl groups is 1. The van der Waals surface area contributed by atoms with Gasteiger partial charge < -0.3 is 14.6 Å². The first kappa shape index (κ1) is 16.9. The number of non-ortho nitro benzene ring substituents is 1. The highest BCUT2D eigenvalue weighted by molar-refractivity contribution is 6.09. The van der Waals surface area contributed by atoms with Crippen LogP contribution in [0.15, 0.2) is 53.1 Å². The number of esters is 2. The van der Waals surface area contributed by atoms with Gasteiger partial charge in [-0.05, 0) is 24.3 Å². The van der Waals surface area contributed by atoms with Gasteiger partial charge in [0, 0.05) is 23.3 Å². The van der Waals surface area contributed by atoms with Gasteiger partial charge in [0.05, 0.1) is 30.3 Å². The second-order valence-electron chi connectivity index (χ2n) is 4.67. The van der Waals surface area contributed by atoms with Crippen molar-refractivity contribution < 1.29 is 29.1 Å². The molecule has 8 heteroatoms. The van der Waals surface area contributed by atoms with Crippen LogP contribution >= 0.6 is 0 Å². The zero-order valence-corrected chi connectivity index (χ0v) is 12.8. The highest BCUT2D eigenvalue weighted by Crippen LogP contribution is 2.32. The van der Waals surface area contributed by atoms with Crippen LogP contribution in [0.25, 0.3) is 5.76 Å². The first-order valence-corrected chi connectivity index (χ1v) is 6.68. The van der Waals surface area contributed by atoms with Crippen molar-refractivity contribution in [3.8, 4) is 0 Å². The van der Waals surface area contributed by atoms with Crippen LogP contribution in [0.1, 0.15) is 5.56 Å². The van der Waals surface area contributed by atoms with Crippen LogP contribution in [-0.2, 0) is 19.1 Å². The summed E-state index contributed by atoms with van der Waals surface area (Å²) in [5.74, 6) is -1.89. The molecule has 0 bridgehead atoms. The number of aliphatic hydroxyl groups excluding tert-OH is 1. The quantitative estimate of drug-likeness (QED) is 0.388.